The van der Waals surface area contributed by atoms with E-state index in [0.29, 0.717) is 5.82 Å². The fourth-order valence-corrected chi connectivity index (χ4v) is 2.65. The first kappa shape index (κ1) is 15.2. The van der Waals surface area contributed by atoms with Crippen LogP contribution in [0.5, 0.6) is 0 Å². The Bertz CT molecular complexity index is 692. The molecule has 21 heavy (non-hydrogen) atoms. The van der Waals surface area contributed by atoms with Gasteiger partial charge in [0.15, 0.2) is 5.82 Å². The molecule has 0 amide bonds. The molecule has 0 radical (unpaired) electrons. The molecule has 0 bridgehead atoms. The second-order valence-corrected chi connectivity index (χ2v) is 7.28. The molecule has 2 N–H and O–H groups in total. The van der Waals surface area contributed by atoms with Gasteiger partial charge in [0.2, 0.25) is 0 Å². The summed E-state index contributed by atoms with van der Waals surface area (Å²) in [5.41, 5.74) is -0.139. The van der Waals surface area contributed by atoms with Gasteiger partial charge in [0.05, 0.1) is 4.90 Å². The van der Waals surface area contributed by atoms with Crippen LogP contribution in [0.3, 0.4) is 0 Å². The van der Waals surface area contributed by atoms with Gasteiger partial charge in [0.25, 0.3) is 10.0 Å². The van der Waals surface area contributed by atoms with Gasteiger partial charge >= 0.3 is 0 Å². The van der Waals surface area contributed by atoms with Crippen molar-refractivity contribution >= 4 is 21.7 Å². The van der Waals surface area contributed by atoms with E-state index in [0.717, 1.165) is 0 Å². The minimum Gasteiger partial charge on any atom is -0.364 e. The van der Waals surface area contributed by atoms with Gasteiger partial charge in [0, 0.05) is 5.54 Å². The van der Waals surface area contributed by atoms with Crippen LogP contribution in [0.25, 0.3) is 0 Å². The Morgan fingerprint density at radius 2 is 1.48 bits per heavy atom. The normalized spacial score (nSPS) is 12.0. The fraction of sp³-hybridized carbons (Fsp3) is 0.286. The van der Waals surface area contributed by atoms with Crippen molar-refractivity contribution in [3.63, 3.8) is 0 Å². The predicted octanol–water partition coefficient (Wildman–Crippen LogP) is 2.49. The Morgan fingerprint density at radius 1 is 0.905 bits per heavy atom. The third-order valence-corrected chi connectivity index (χ3v) is 3.83. The van der Waals surface area contributed by atoms with Crippen LogP contribution >= 0.6 is 0 Å². The largest absolute Gasteiger partial charge is 0.364 e. The molecule has 0 aliphatic rings. The molecule has 0 aliphatic heterocycles. The number of hydrogen-bond acceptors (Lipinski definition) is 5. The number of sulfonamides is 1. The molecule has 0 saturated heterocycles. The minimum atomic E-state index is -3.63. The van der Waals surface area contributed by atoms with Crippen molar-refractivity contribution < 1.29 is 8.42 Å². The van der Waals surface area contributed by atoms with E-state index < -0.39 is 10.0 Å². The maximum absolute atomic E-state index is 12.1. The van der Waals surface area contributed by atoms with Crippen LogP contribution in [0.2, 0.25) is 0 Å². The molecule has 0 spiro atoms. The summed E-state index contributed by atoms with van der Waals surface area (Å²) in [6, 6.07) is 11.4. The summed E-state index contributed by atoms with van der Waals surface area (Å²) < 4.78 is 26.6. The molecule has 0 unspecified atom stereocenters. The first-order valence-corrected chi connectivity index (χ1v) is 7.94. The van der Waals surface area contributed by atoms with Crippen molar-refractivity contribution in [1.82, 2.24) is 10.2 Å². The van der Waals surface area contributed by atoms with E-state index in [1.807, 2.05) is 20.8 Å². The number of benzene rings is 1. The van der Waals surface area contributed by atoms with Gasteiger partial charge in [0.1, 0.15) is 5.82 Å². The molecule has 6 nitrogen and oxygen atoms in total. The SMILES string of the molecule is CC(C)(C)Nc1ccc(NS(=O)(=O)c2ccccc2)nn1. The van der Waals surface area contributed by atoms with Crippen LogP contribution < -0.4 is 10.0 Å². The molecule has 7 heteroatoms. The van der Waals surface area contributed by atoms with Gasteiger partial charge in [-0.1, -0.05) is 18.2 Å². The smallest absolute Gasteiger partial charge is 0.263 e. The Labute approximate surface area is 124 Å². The van der Waals surface area contributed by atoms with Crippen molar-refractivity contribution in [3.8, 4) is 0 Å². The van der Waals surface area contributed by atoms with E-state index in [9.17, 15) is 8.42 Å². The average Bonchev–Trinajstić information content (AvgIpc) is 2.40. The lowest BCUT2D eigenvalue weighted by molar-refractivity contribution is 0.600. The molecule has 0 saturated carbocycles. The summed E-state index contributed by atoms with van der Waals surface area (Å²) in [5.74, 6) is 0.767. The lowest BCUT2D eigenvalue weighted by Gasteiger charge is -2.20. The van der Waals surface area contributed by atoms with Crippen LogP contribution in [0, 0.1) is 0 Å². The number of rotatable bonds is 4. The molecule has 2 aromatic rings. The van der Waals surface area contributed by atoms with Crippen LogP contribution in [-0.2, 0) is 10.0 Å². The molecular formula is C14H18N4O2S. The first-order valence-electron chi connectivity index (χ1n) is 6.46. The quantitative estimate of drug-likeness (QED) is 0.906. The third-order valence-electron chi connectivity index (χ3n) is 2.46. The number of nitrogens with zero attached hydrogens (tertiary/aromatic N) is 2. The maximum Gasteiger partial charge on any atom is 0.263 e. The second-order valence-electron chi connectivity index (χ2n) is 5.60. The van der Waals surface area contributed by atoms with Crippen molar-refractivity contribution in [3.05, 3.63) is 42.5 Å². The molecule has 1 aromatic carbocycles. The van der Waals surface area contributed by atoms with E-state index in [-0.39, 0.29) is 16.3 Å². The zero-order chi connectivity index (χ0) is 15.5. The first-order chi connectivity index (χ1) is 9.76. The Hall–Kier alpha value is -2.15. The Balaban J connectivity index is 2.14. The van der Waals surface area contributed by atoms with Crippen LogP contribution in [0.15, 0.2) is 47.4 Å². The van der Waals surface area contributed by atoms with Gasteiger partial charge in [-0.15, -0.1) is 10.2 Å². The highest BCUT2D eigenvalue weighted by Gasteiger charge is 2.15. The molecule has 1 aromatic heterocycles. The molecule has 0 aliphatic carbocycles. The summed E-state index contributed by atoms with van der Waals surface area (Å²) in [6.45, 7) is 6.00. The van der Waals surface area contributed by atoms with Gasteiger partial charge in [-0.2, -0.15) is 0 Å². The van der Waals surface area contributed by atoms with E-state index in [1.54, 1.807) is 30.3 Å². The van der Waals surface area contributed by atoms with Crippen molar-refractivity contribution in [2.45, 2.75) is 31.2 Å². The maximum atomic E-state index is 12.1. The molecule has 2 rings (SSSR count). The van der Waals surface area contributed by atoms with Gasteiger partial charge in [-0.3, -0.25) is 4.72 Å². The van der Waals surface area contributed by atoms with E-state index >= 15 is 0 Å². The summed E-state index contributed by atoms with van der Waals surface area (Å²) in [5, 5.41) is 11.0. The topological polar surface area (TPSA) is 84.0 Å². The van der Waals surface area contributed by atoms with E-state index in [4.69, 9.17) is 0 Å². The number of nitrogens with one attached hydrogen (secondary N) is 2. The molecule has 0 fully saturated rings. The second kappa shape index (κ2) is 5.69. The lowest BCUT2D eigenvalue weighted by atomic mass is 10.1. The van der Waals surface area contributed by atoms with Gasteiger partial charge in [-0.25, -0.2) is 8.42 Å². The Morgan fingerprint density at radius 3 is 2.00 bits per heavy atom. The minimum absolute atomic E-state index is 0.139. The fourth-order valence-electron chi connectivity index (χ4n) is 1.63. The summed E-state index contributed by atoms with van der Waals surface area (Å²) in [7, 11) is -3.63. The molecule has 0 atom stereocenters. The third kappa shape index (κ3) is 4.42. The zero-order valence-electron chi connectivity index (χ0n) is 12.2. The van der Waals surface area contributed by atoms with E-state index in [2.05, 4.69) is 20.2 Å². The highest BCUT2D eigenvalue weighted by atomic mass is 32.2. The Kier molecular flexibility index (Phi) is 4.13. The average molecular weight is 306 g/mol. The number of hydrogen-bond donors (Lipinski definition) is 2. The van der Waals surface area contributed by atoms with Crippen LogP contribution in [-0.4, -0.2) is 24.2 Å². The van der Waals surface area contributed by atoms with E-state index in [1.165, 1.54) is 12.1 Å². The zero-order valence-corrected chi connectivity index (χ0v) is 13.0. The van der Waals surface area contributed by atoms with Crippen molar-refractivity contribution in [2.24, 2.45) is 0 Å². The number of aromatic nitrogens is 2. The lowest BCUT2D eigenvalue weighted by Crippen LogP contribution is -2.26. The summed E-state index contributed by atoms with van der Waals surface area (Å²) in [6.07, 6.45) is 0. The van der Waals surface area contributed by atoms with Gasteiger partial charge in [-0.05, 0) is 45.0 Å². The molecule has 1 heterocycles. The summed E-state index contributed by atoms with van der Waals surface area (Å²) in [4.78, 5) is 0.184. The van der Waals surface area contributed by atoms with Crippen molar-refractivity contribution in [2.75, 3.05) is 10.0 Å². The monoisotopic (exact) mass is 306 g/mol. The highest BCUT2D eigenvalue weighted by Crippen LogP contribution is 2.15. The number of anilines is 2. The van der Waals surface area contributed by atoms with Crippen LogP contribution in [0.4, 0.5) is 11.6 Å². The highest BCUT2D eigenvalue weighted by molar-refractivity contribution is 7.92. The molecular weight excluding hydrogens is 288 g/mol. The van der Waals surface area contributed by atoms with Crippen molar-refractivity contribution in [1.29, 1.82) is 0 Å². The summed E-state index contributed by atoms with van der Waals surface area (Å²) >= 11 is 0. The molecule has 112 valence electrons. The standard InChI is InChI=1S/C14H18N4O2S/c1-14(2,3)15-12-9-10-13(17-16-12)18-21(19,20)11-7-5-4-6-8-11/h4-10H,1-3H3,(H,15,16)(H,17,18). The predicted molar refractivity (Wildman–Crippen MR) is 82.7 cm³/mol. The van der Waals surface area contributed by atoms with Gasteiger partial charge < -0.3 is 5.32 Å². The van der Waals surface area contributed by atoms with Crippen LogP contribution in [0.1, 0.15) is 20.8 Å².